The van der Waals surface area contributed by atoms with Crippen molar-refractivity contribution in [2.45, 2.75) is 13.1 Å². The molecular formula is C19H23N3O5. The Morgan fingerprint density at radius 1 is 1.15 bits per heavy atom. The van der Waals surface area contributed by atoms with Crippen LogP contribution in [0.1, 0.15) is 11.6 Å². The summed E-state index contributed by atoms with van der Waals surface area (Å²) in [7, 11) is 4.73. The fourth-order valence-electron chi connectivity index (χ4n) is 2.86. The van der Waals surface area contributed by atoms with Gasteiger partial charge in [-0.15, -0.1) is 0 Å². The summed E-state index contributed by atoms with van der Waals surface area (Å²) in [6.45, 7) is 2.27. The van der Waals surface area contributed by atoms with Gasteiger partial charge in [0, 0.05) is 19.7 Å². The number of H-pyrrole nitrogens is 1. The van der Waals surface area contributed by atoms with E-state index in [1.54, 1.807) is 32.6 Å². The van der Waals surface area contributed by atoms with Gasteiger partial charge >= 0.3 is 0 Å². The zero-order chi connectivity index (χ0) is 19.2. The molecule has 0 radical (unpaired) electrons. The molecule has 2 heterocycles. The van der Waals surface area contributed by atoms with Gasteiger partial charge in [0.1, 0.15) is 11.6 Å². The number of furan rings is 1. The van der Waals surface area contributed by atoms with Crippen LogP contribution >= 0.6 is 0 Å². The lowest BCUT2D eigenvalue weighted by Crippen LogP contribution is -2.28. The molecule has 0 amide bonds. The van der Waals surface area contributed by atoms with Gasteiger partial charge in [-0.1, -0.05) is 0 Å². The lowest BCUT2D eigenvalue weighted by molar-refractivity contribution is 0.133. The quantitative estimate of drug-likeness (QED) is 0.615. The molecule has 0 saturated heterocycles. The van der Waals surface area contributed by atoms with Gasteiger partial charge in [-0.2, -0.15) is 0 Å². The molecule has 8 heteroatoms. The number of hydrogen-bond acceptors (Lipinski definition) is 7. The highest BCUT2D eigenvalue weighted by atomic mass is 16.5. The van der Waals surface area contributed by atoms with Crippen LogP contribution in [0, 0.1) is 0 Å². The Morgan fingerprint density at radius 2 is 1.93 bits per heavy atom. The van der Waals surface area contributed by atoms with Gasteiger partial charge in [-0.05, 0) is 18.2 Å². The Morgan fingerprint density at radius 3 is 2.59 bits per heavy atom. The van der Waals surface area contributed by atoms with E-state index in [2.05, 4.69) is 14.9 Å². The molecule has 1 N–H and O–H groups in total. The van der Waals surface area contributed by atoms with E-state index < -0.39 is 0 Å². The lowest BCUT2D eigenvalue weighted by atomic mass is 10.2. The number of nitrogens with zero attached hydrogens (tertiary/aromatic N) is 2. The fraction of sp³-hybridized carbons (Fsp3) is 0.368. The Bertz CT molecular complexity index is 936. The molecule has 1 aromatic carbocycles. The molecule has 0 saturated carbocycles. The maximum atomic E-state index is 12.5. The van der Waals surface area contributed by atoms with E-state index in [9.17, 15) is 4.79 Å². The van der Waals surface area contributed by atoms with Crippen LogP contribution in [0.2, 0.25) is 0 Å². The topological polar surface area (TPSA) is 89.8 Å². The minimum Gasteiger partial charge on any atom is -0.493 e. The van der Waals surface area contributed by atoms with E-state index in [4.69, 9.17) is 18.6 Å². The first-order chi connectivity index (χ1) is 13.1. The van der Waals surface area contributed by atoms with Crippen molar-refractivity contribution in [1.29, 1.82) is 0 Å². The van der Waals surface area contributed by atoms with Crippen LogP contribution in [0.15, 0.2) is 39.7 Å². The van der Waals surface area contributed by atoms with E-state index in [0.29, 0.717) is 54.5 Å². The van der Waals surface area contributed by atoms with Crippen molar-refractivity contribution in [3.63, 3.8) is 0 Å². The van der Waals surface area contributed by atoms with Gasteiger partial charge in [-0.3, -0.25) is 9.69 Å². The highest BCUT2D eigenvalue weighted by Gasteiger charge is 2.14. The summed E-state index contributed by atoms with van der Waals surface area (Å²) in [6.07, 6.45) is 1.64. The molecule has 0 fully saturated rings. The van der Waals surface area contributed by atoms with Crippen LogP contribution in [0.3, 0.4) is 0 Å². The number of nitrogens with one attached hydrogen (secondary N) is 1. The zero-order valence-corrected chi connectivity index (χ0v) is 15.7. The molecule has 3 aromatic rings. The molecule has 0 spiro atoms. The molecule has 0 aliphatic heterocycles. The first-order valence-corrected chi connectivity index (χ1v) is 8.53. The van der Waals surface area contributed by atoms with Gasteiger partial charge < -0.3 is 23.6 Å². The SMILES string of the molecule is COCCN(Cc1nc2cc(OC)c(OC)cc2c(=O)[nH]1)Cc1ccco1. The van der Waals surface area contributed by atoms with Crippen LogP contribution in [0.5, 0.6) is 11.5 Å². The van der Waals surface area contributed by atoms with Crippen LogP contribution in [-0.2, 0) is 17.8 Å². The molecule has 144 valence electrons. The summed E-state index contributed by atoms with van der Waals surface area (Å²) in [5.74, 6) is 2.41. The van der Waals surface area contributed by atoms with Crippen LogP contribution < -0.4 is 15.0 Å². The van der Waals surface area contributed by atoms with Gasteiger partial charge in [0.05, 0.1) is 51.1 Å². The number of aromatic nitrogens is 2. The zero-order valence-electron chi connectivity index (χ0n) is 15.7. The monoisotopic (exact) mass is 373 g/mol. The number of hydrogen-bond donors (Lipinski definition) is 1. The van der Waals surface area contributed by atoms with Crippen LogP contribution in [-0.4, -0.2) is 49.3 Å². The van der Waals surface area contributed by atoms with Crippen LogP contribution in [0.4, 0.5) is 0 Å². The molecular weight excluding hydrogens is 350 g/mol. The van der Waals surface area contributed by atoms with E-state index >= 15 is 0 Å². The van der Waals surface area contributed by atoms with Gasteiger partial charge in [0.15, 0.2) is 11.5 Å². The summed E-state index contributed by atoms with van der Waals surface area (Å²) < 4.78 is 21.2. The molecule has 8 nitrogen and oxygen atoms in total. The number of benzene rings is 1. The molecule has 0 aliphatic carbocycles. The Hall–Kier alpha value is -2.84. The third kappa shape index (κ3) is 4.47. The Kier molecular flexibility index (Phi) is 6.10. The second kappa shape index (κ2) is 8.70. The first-order valence-electron chi connectivity index (χ1n) is 8.53. The standard InChI is InChI=1S/C19H23N3O5/c1-24-8-6-22(11-13-5-4-7-27-13)12-18-20-15-10-17(26-3)16(25-2)9-14(15)19(23)21-18/h4-5,7,9-10H,6,8,11-12H2,1-3H3,(H,20,21,23). The minimum atomic E-state index is -0.222. The van der Waals surface area contributed by atoms with Crippen molar-refractivity contribution in [2.75, 3.05) is 34.5 Å². The van der Waals surface area contributed by atoms with E-state index in [1.807, 2.05) is 12.1 Å². The minimum absolute atomic E-state index is 0.222. The van der Waals surface area contributed by atoms with Crippen molar-refractivity contribution in [2.24, 2.45) is 0 Å². The molecule has 2 aromatic heterocycles. The summed E-state index contributed by atoms with van der Waals surface area (Å²) in [5.41, 5.74) is 0.330. The van der Waals surface area contributed by atoms with Crippen molar-refractivity contribution in [3.8, 4) is 11.5 Å². The average Bonchev–Trinajstić information content (AvgIpc) is 3.18. The molecule has 3 rings (SSSR count). The second-order valence-corrected chi connectivity index (χ2v) is 6.02. The maximum absolute atomic E-state index is 12.5. The summed E-state index contributed by atoms with van der Waals surface area (Å²) in [5, 5.41) is 0.450. The maximum Gasteiger partial charge on any atom is 0.258 e. The second-order valence-electron chi connectivity index (χ2n) is 6.02. The summed E-state index contributed by atoms with van der Waals surface area (Å²) in [6, 6.07) is 7.10. The van der Waals surface area contributed by atoms with Crippen molar-refractivity contribution < 1.29 is 18.6 Å². The third-order valence-corrected chi connectivity index (χ3v) is 4.20. The van der Waals surface area contributed by atoms with Gasteiger partial charge in [-0.25, -0.2) is 4.98 Å². The molecule has 0 bridgehead atoms. The Labute approximate surface area is 156 Å². The fourth-order valence-corrected chi connectivity index (χ4v) is 2.86. The highest BCUT2D eigenvalue weighted by Crippen LogP contribution is 2.29. The number of methoxy groups -OCH3 is 3. The molecule has 0 atom stereocenters. The summed E-state index contributed by atoms with van der Waals surface area (Å²) >= 11 is 0. The molecule has 27 heavy (non-hydrogen) atoms. The van der Waals surface area contributed by atoms with Crippen molar-refractivity contribution in [3.05, 3.63) is 52.5 Å². The summed E-state index contributed by atoms with van der Waals surface area (Å²) in [4.78, 5) is 22.1. The third-order valence-electron chi connectivity index (χ3n) is 4.20. The molecule has 0 unspecified atom stereocenters. The van der Waals surface area contributed by atoms with Gasteiger partial charge in [0.2, 0.25) is 0 Å². The van der Waals surface area contributed by atoms with E-state index in [1.165, 1.54) is 7.11 Å². The first kappa shape index (κ1) is 18.9. The number of aromatic amines is 1. The lowest BCUT2D eigenvalue weighted by Gasteiger charge is -2.20. The Balaban J connectivity index is 1.90. The predicted molar refractivity (Wildman–Crippen MR) is 100 cm³/mol. The highest BCUT2D eigenvalue weighted by molar-refractivity contribution is 5.81. The predicted octanol–water partition coefficient (Wildman–Crippen LogP) is 2.18. The smallest absolute Gasteiger partial charge is 0.258 e. The van der Waals surface area contributed by atoms with Crippen molar-refractivity contribution >= 4 is 10.9 Å². The van der Waals surface area contributed by atoms with E-state index in [-0.39, 0.29) is 5.56 Å². The van der Waals surface area contributed by atoms with E-state index in [0.717, 1.165) is 5.76 Å². The van der Waals surface area contributed by atoms with Gasteiger partial charge in [0.25, 0.3) is 5.56 Å². The number of ether oxygens (including phenoxy) is 3. The largest absolute Gasteiger partial charge is 0.493 e. The van der Waals surface area contributed by atoms with Crippen molar-refractivity contribution in [1.82, 2.24) is 14.9 Å². The normalized spacial score (nSPS) is 11.3. The van der Waals surface area contributed by atoms with Crippen LogP contribution in [0.25, 0.3) is 10.9 Å². The molecule has 0 aliphatic rings. The average molecular weight is 373 g/mol. The number of fused-ring (bicyclic) bond motifs is 1. The number of rotatable bonds is 9.